The Morgan fingerprint density at radius 1 is 1.28 bits per heavy atom. The summed E-state index contributed by atoms with van der Waals surface area (Å²) in [7, 11) is 0. The number of aromatic hydroxyl groups is 1. The highest BCUT2D eigenvalue weighted by atomic mass is 16.4. The zero-order chi connectivity index (χ0) is 14.5. The molecule has 0 saturated heterocycles. The molecule has 2 N–H and O–H groups in total. The largest absolute Gasteiger partial charge is 0.507 e. The van der Waals surface area contributed by atoms with Gasteiger partial charge < -0.3 is 10.2 Å². The van der Waals surface area contributed by atoms with Gasteiger partial charge >= 0.3 is 5.97 Å². The third-order valence-electron chi connectivity index (χ3n) is 2.43. The molecule has 1 aromatic rings. The van der Waals surface area contributed by atoms with Crippen LogP contribution in [0.5, 0.6) is 5.75 Å². The molecular weight excluding hydrogens is 228 g/mol. The molecule has 1 aromatic carbocycles. The Bertz CT molecular complexity index is 440. The van der Waals surface area contributed by atoms with Crippen LogP contribution in [0.4, 0.5) is 0 Å². The van der Waals surface area contributed by atoms with E-state index in [0.29, 0.717) is 5.75 Å². The van der Waals surface area contributed by atoms with Crippen molar-refractivity contribution in [2.24, 2.45) is 0 Å². The number of benzene rings is 1. The number of rotatable bonds is 1. The van der Waals surface area contributed by atoms with E-state index in [2.05, 4.69) is 40.3 Å². The molecule has 0 aliphatic rings. The molecule has 0 aromatic heterocycles. The van der Waals surface area contributed by atoms with Gasteiger partial charge in [-0.2, -0.15) is 0 Å². The molecule has 3 heteroatoms. The van der Waals surface area contributed by atoms with E-state index in [9.17, 15) is 9.90 Å². The molecule has 0 unspecified atom stereocenters. The molecule has 0 atom stereocenters. The third kappa shape index (κ3) is 5.04. The quantitative estimate of drug-likeness (QED) is 0.749. The van der Waals surface area contributed by atoms with Gasteiger partial charge in [-0.3, -0.25) is 0 Å². The predicted octanol–water partition coefficient (Wildman–Crippen LogP) is 3.56. The lowest BCUT2D eigenvalue weighted by Crippen LogP contribution is -2.12. The van der Waals surface area contributed by atoms with Crippen LogP contribution in [0.2, 0.25) is 0 Å². The third-order valence-corrected chi connectivity index (χ3v) is 2.43. The van der Waals surface area contributed by atoms with Crippen LogP contribution in [0.3, 0.4) is 0 Å². The second-order valence-corrected chi connectivity index (χ2v) is 5.27. The van der Waals surface area contributed by atoms with Gasteiger partial charge in [-0.15, -0.1) is 0 Å². The van der Waals surface area contributed by atoms with Gasteiger partial charge in [0.1, 0.15) is 5.75 Å². The number of aliphatic carboxylic acids is 1. The van der Waals surface area contributed by atoms with Crippen LogP contribution in [-0.4, -0.2) is 16.2 Å². The molecule has 100 valence electrons. The zero-order valence-corrected chi connectivity index (χ0v) is 11.7. The lowest BCUT2D eigenvalue weighted by molar-refractivity contribution is -0.131. The van der Waals surface area contributed by atoms with E-state index in [1.54, 1.807) is 0 Å². The number of carbonyl (C=O) groups is 1. The summed E-state index contributed by atoms with van der Waals surface area (Å²) in [6, 6.07) is 4.06. The Labute approximate surface area is 109 Å². The predicted molar refractivity (Wildman–Crippen MR) is 74.1 cm³/mol. The highest BCUT2D eigenvalue weighted by Crippen LogP contribution is 2.33. The highest BCUT2D eigenvalue weighted by molar-refractivity contribution is 5.78. The molecule has 1 rings (SSSR count). The molecule has 18 heavy (non-hydrogen) atoms. The minimum absolute atomic E-state index is 0.0147. The van der Waals surface area contributed by atoms with Crippen molar-refractivity contribution in [1.29, 1.82) is 0 Å². The minimum atomic E-state index is -0.981. The van der Waals surface area contributed by atoms with Gasteiger partial charge in [0.15, 0.2) is 0 Å². The maximum atomic E-state index is 9.86. The van der Waals surface area contributed by atoms with Crippen LogP contribution in [0, 0.1) is 13.8 Å². The van der Waals surface area contributed by atoms with Crippen LogP contribution in [-0.2, 0) is 10.2 Å². The van der Waals surface area contributed by atoms with Crippen molar-refractivity contribution >= 4 is 5.97 Å². The van der Waals surface area contributed by atoms with Crippen molar-refractivity contribution < 1.29 is 15.0 Å². The highest BCUT2D eigenvalue weighted by Gasteiger charge is 2.19. The summed E-state index contributed by atoms with van der Waals surface area (Å²) in [6.45, 7) is 13.3. The molecule has 0 saturated carbocycles. The molecule has 0 bridgehead atoms. The Balaban J connectivity index is 0.000000494. The van der Waals surface area contributed by atoms with E-state index in [1.165, 1.54) is 5.56 Å². The second-order valence-electron chi connectivity index (χ2n) is 5.27. The van der Waals surface area contributed by atoms with E-state index < -0.39 is 5.97 Å². The summed E-state index contributed by atoms with van der Waals surface area (Å²) in [5.74, 6) is -0.539. The number of phenolic OH excluding ortho intramolecular Hbond substituents is 1. The smallest absolute Gasteiger partial charge is 0.327 e. The fourth-order valence-electron chi connectivity index (χ4n) is 1.53. The molecule has 0 aliphatic carbocycles. The van der Waals surface area contributed by atoms with E-state index in [4.69, 9.17) is 5.11 Å². The molecule has 0 heterocycles. The lowest BCUT2D eigenvalue weighted by atomic mass is 9.84. The first-order valence-corrected chi connectivity index (χ1v) is 5.75. The lowest BCUT2D eigenvalue weighted by Gasteiger charge is -2.22. The van der Waals surface area contributed by atoms with E-state index >= 15 is 0 Å². The summed E-state index contributed by atoms with van der Waals surface area (Å²) in [5, 5.41) is 17.5. The maximum absolute atomic E-state index is 9.86. The van der Waals surface area contributed by atoms with Gasteiger partial charge in [-0.25, -0.2) is 4.79 Å². The van der Waals surface area contributed by atoms with Gasteiger partial charge in [-0.1, -0.05) is 45.0 Å². The van der Waals surface area contributed by atoms with Crippen molar-refractivity contribution in [2.75, 3.05) is 0 Å². The number of aryl methyl sites for hydroxylation is 2. The number of carboxylic acid groups (broad SMARTS) is 1. The Hall–Kier alpha value is -1.77. The summed E-state index contributed by atoms with van der Waals surface area (Å²) in [6.07, 6.45) is 0.833. The standard InChI is InChI=1S/C12H18O.C3H4O2/c1-8-6-9(2)11(13)10(7-8)12(3,4)5;1-2-3(4)5/h6-7,13H,1-5H3;2H,1H2,(H,4,5). The average Bonchev–Trinajstić information content (AvgIpc) is 2.22. The second kappa shape index (κ2) is 6.24. The SMILES string of the molecule is C=CC(=O)O.Cc1cc(C)c(O)c(C(C)(C)C)c1. The Morgan fingerprint density at radius 3 is 2.06 bits per heavy atom. The van der Waals surface area contributed by atoms with Gasteiger partial charge in [0.2, 0.25) is 0 Å². The molecular formula is C15H22O3. The fraction of sp³-hybridized carbons (Fsp3) is 0.400. The monoisotopic (exact) mass is 250 g/mol. The van der Waals surface area contributed by atoms with Crippen LogP contribution < -0.4 is 0 Å². The first-order valence-electron chi connectivity index (χ1n) is 5.75. The van der Waals surface area contributed by atoms with Crippen LogP contribution in [0.25, 0.3) is 0 Å². The first kappa shape index (κ1) is 16.2. The zero-order valence-electron chi connectivity index (χ0n) is 11.7. The van der Waals surface area contributed by atoms with Crippen molar-refractivity contribution in [3.05, 3.63) is 41.5 Å². The normalized spacial score (nSPS) is 10.3. The van der Waals surface area contributed by atoms with Gasteiger partial charge in [0.05, 0.1) is 0 Å². The summed E-state index contributed by atoms with van der Waals surface area (Å²) >= 11 is 0. The topological polar surface area (TPSA) is 57.5 Å². The van der Waals surface area contributed by atoms with Crippen LogP contribution in [0.1, 0.15) is 37.5 Å². The van der Waals surface area contributed by atoms with Gasteiger partial charge in [0.25, 0.3) is 0 Å². The number of carboxylic acids is 1. The minimum Gasteiger partial charge on any atom is -0.507 e. The number of hydrogen-bond donors (Lipinski definition) is 2. The number of hydrogen-bond acceptors (Lipinski definition) is 2. The Morgan fingerprint density at radius 2 is 1.72 bits per heavy atom. The van der Waals surface area contributed by atoms with E-state index in [0.717, 1.165) is 17.2 Å². The average molecular weight is 250 g/mol. The van der Waals surface area contributed by atoms with E-state index in [1.807, 2.05) is 13.0 Å². The van der Waals surface area contributed by atoms with Gasteiger partial charge in [-0.05, 0) is 30.4 Å². The van der Waals surface area contributed by atoms with Crippen molar-refractivity contribution in [3.63, 3.8) is 0 Å². The Kier molecular flexibility index (Phi) is 5.63. The molecule has 0 radical (unpaired) electrons. The fourth-order valence-corrected chi connectivity index (χ4v) is 1.53. The van der Waals surface area contributed by atoms with Crippen molar-refractivity contribution in [1.82, 2.24) is 0 Å². The van der Waals surface area contributed by atoms with Crippen molar-refractivity contribution in [2.45, 2.75) is 40.0 Å². The summed E-state index contributed by atoms with van der Waals surface area (Å²) in [4.78, 5) is 9.25. The molecule has 0 fully saturated rings. The summed E-state index contributed by atoms with van der Waals surface area (Å²) < 4.78 is 0. The number of phenols is 1. The van der Waals surface area contributed by atoms with Gasteiger partial charge in [0, 0.05) is 6.08 Å². The van der Waals surface area contributed by atoms with Crippen LogP contribution >= 0.6 is 0 Å². The summed E-state index contributed by atoms with van der Waals surface area (Å²) in [5.41, 5.74) is 3.22. The van der Waals surface area contributed by atoms with E-state index in [-0.39, 0.29) is 5.41 Å². The molecule has 0 aliphatic heterocycles. The molecule has 0 amide bonds. The first-order chi connectivity index (χ1) is 8.09. The maximum Gasteiger partial charge on any atom is 0.327 e. The van der Waals surface area contributed by atoms with Crippen LogP contribution in [0.15, 0.2) is 24.8 Å². The van der Waals surface area contributed by atoms with Crippen molar-refractivity contribution in [3.8, 4) is 5.75 Å². The molecule has 0 spiro atoms. The molecule has 3 nitrogen and oxygen atoms in total.